The molecule has 0 radical (unpaired) electrons. The maximum atomic E-state index is 11.2. The molecule has 1 fully saturated rings. The number of hydrogen-bond donors (Lipinski definition) is 0. The summed E-state index contributed by atoms with van der Waals surface area (Å²) in [6.07, 6.45) is 4.54. The molecule has 0 aromatic carbocycles. The SMILES string of the molecule is CC(CCC1CCCC1=O)N=[N+]=[N-]. The summed E-state index contributed by atoms with van der Waals surface area (Å²) in [6, 6.07) is 0.0263. The fourth-order valence-corrected chi connectivity index (χ4v) is 1.78. The molecule has 0 aromatic heterocycles. The van der Waals surface area contributed by atoms with Gasteiger partial charge in [0.25, 0.3) is 0 Å². The number of carbonyl (C=O) groups excluding carboxylic acids is 1. The van der Waals surface area contributed by atoms with Gasteiger partial charge < -0.3 is 0 Å². The first-order valence-electron chi connectivity index (χ1n) is 4.81. The van der Waals surface area contributed by atoms with Crippen LogP contribution in [0.1, 0.15) is 39.0 Å². The molecule has 2 atom stereocenters. The van der Waals surface area contributed by atoms with E-state index in [1.165, 1.54) is 0 Å². The van der Waals surface area contributed by atoms with Crippen molar-refractivity contribution in [1.82, 2.24) is 0 Å². The first-order valence-corrected chi connectivity index (χ1v) is 4.81. The Morgan fingerprint density at radius 1 is 1.77 bits per heavy atom. The molecule has 0 spiro atoms. The Balaban J connectivity index is 2.25. The minimum absolute atomic E-state index is 0.0263. The van der Waals surface area contributed by atoms with Gasteiger partial charge in [0.1, 0.15) is 5.78 Å². The Kier molecular flexibility index (Phi) is 3.77. The number of Topliss-reactive ketones (excluding diaryl/α,β-unsaturated/α-hetero) is 1. The van der Waals surface area contributed by atoms with Crippen LogP contribution in [0, 0.1) is 5.92 Å². The number of carbonyl (C=O) groups is 1. The van der Waals surface area contributed by atoms with Crippen molar-refractivity contribution in [2.45, 2.75) is 45.1 Å². The molecule has 4 heteroatoms. The van der Waals surface area contributed by atoms with E-state index in [2.05, 4.69) is 10.0 Å². The summed E-state index contributed by atoms with van der Waals surface area (Å²) in [5.41, 5.74) is 8.17. The Labute approximate surface area is 77.9 Å². The maximum Gasteiger partial charge on any atom is 0.135 e. The third kappa shape index (κ3) is 3.07. The number of rotatable bonds is 4. The van der Waals surface area contributed by atoms with Crippen molar-refractivity contribution >= 4 is 5.78 Å². The van der Waals surface area contributed by atoms with Crippen molar-refractivity contribution in [1.29, 1.82) is 0 Å². The molecule has 0 aromatic rings. The average Bonchev–Trinajstić information content (AvgIpc) is 2.48. The van der Waals surface area contributed by atoms with Crippen molar-refractivity contribution in [2.75, 3.05) is 0 Å². The van der Waals surface area contributed by atoms with E-state index in [9.17, 15) is 4.79 Å². The van der Waals surface area contributed by atoms with Gasteiger partial charge in [0.05, 0.1) is 0 Å². The lowest BCUT2D eigenvalue weighted by Crippen LogP contribution is -2.08. The average molecular weight is 181 g/mol. The molecule has 4 nitrogen and oxygen atoms in total. The smallest absolute Gasteiger partial charge is 0.135 e. The molecule has 1 rings (SSSR count). The van der Waals surface area contributed by atoms with Crippen molar-refractivity contribution in [3.8, 4) is 0 Å². The lowest BCUT2D eigenvalue weighted by atomic mass is 9.98. The van der Waals surface area contributed by atoms with Gasteiger partial charge in [-0.25, -0.2) is 0 Å². The number of azide groups is 1. The van der Waals surface area contributed by atoms with Gasteiger partial charge in [-0.2, -0.15) is 0 Å². The highest BCUT2D eigenvalue weighted by Gasteiger charge is 2.23. The van der Waals surface area contributed by atoms with Gasteiger partial charge in [-0.15, -0.1) is 0 Å². The third-order valence-corrected chi connectivity index (χ3v) is 2.61. The second kappa shape index (κ2) is 4.87. The lowest BCUT2D eigenvalue weighted by molar-refractivity contribution is -0.120. The molecule has 0 saturated heterocycles. The molecule has 0 N–H and O–H groups in total. The van der Waals surface area contributed by atoms with Crippen LogP contribution in [0.3, 0.4) is 0 Å². The summed E-state index contributed by atoms with van der Waals surface area (Å²) in [6.45, 7) is 1.89. The van der Waals surface area contributed by atoms with Crippen LogP contribution in [0.2, 0.25) is 0 Å². The Morgan fingerprint density at radius 3 is 3.08 bits per heavy atom. The Hall–Kier alpha value is -1.02. The standard InChI is InChI=1S/C9H15N3O/c1-7(11-12-10)5-6-8-3-2-4-9(8)13/h7-8H,2-6H2,1H3. The maximum absolute atomic E-state index is 11.2. The van der Waals surface area contributed by atoms with Gasteiger partial charge in [0, 0.05) is 23.3 Å². The highest BCUT2D eigenvalue weighted by molar-refractivity contribution is 5.82. The van der Waals surface area contributed by atoms with Gasteiger partial charge >= 0.3 is 0 Å². The highest BCUT2D eigenvalue weighted by Crippen LogP contribution is 2.26. The normalized spacial score (nSPS) is 24.1. The van der Waals surface area contributed by atoms with Crippen molar-refractivity contribution in [3.63, 3.8) is 0 Å². The largest absolute Gasteiger partial charge is 0.299 e. The first-order chi connectivity index (χ1) is 6.24. The van der Waals surface area contributed by atoms with E-state index >= 15 is 0 Å². The third-order valence-electron chi connectivity index (χ3n) is 2.61. The summed E-state index contributed by atoms with van der Waals surface area (Å²) >= 11 is 0. The zero-order chi connectivity index (χ0) is 9.68. The summed E-state index contributed by atoms with van der Waals surface area (Å²) in [4.78, 5) is 14.0. The molecule has 1 aliphatic rings. The summed E-state index contributed by atoms with van der Waals surface area (Å²) in [5, 5.41) is 3.58. The van der Waals surface area contributed by atoms with Crippen LogP contribution in [-0.2, 0) is 4.79 Å². The summed E-state index contributed by atoms with van der Waals surface area (Å²) < 4.78 is 0. The molecule has 2 unspecified atom stereocenters. The zero-order valence-corrected chi connectivity index (χ0v) is 7.94. The van der Waals surface area contributed by atoms with E-state index in [0.717, 1.165) is 32.1 Å². The van der Waals surface area contributed by atoms with E-state index in [1.807, 2.05) is 6.92 Å². The quantitative estimate of drug-likeness (QED) is 0.373. The molecular formula is C9H15N3O. The number of hydrogen-bond acceptors (Lipinski definition) is 2. The molecule has 1 aliphatic carbocycles. The van der Waals surface area contributed by atoms with E-state index in [0.29, 0.717) is 5.78 Å². The molecular weight excluding hydrogens is 166 g/mol. The van der Waals surface area contributed by atoms with Crippen LogP contribution in [-0.4, -0.2) is 11.8 Å². The second-order valence-corrected chi connectivity index (χ2v) is 3.69. The van der Waals surface area contributed by atoms with Crippen LogP contribution in [0.15, 0.2) is 5.11 Å². The minimum atomic E-state index is 0.0263. The second-order valence-electron chi connectivity index (χ2n) is 3.69. The fourth-order valence-electron chi connectivity index (χ4n) is 1.78. The van der Waals surface area contributed by atoms with Crippen LogP contribution >= 0.6 is 0 Å². The molecule has 13 heavy (non-hydrogen) atoms. The van der Waals surface area contributed by atoms with E-state index in [1.54, 1.807) is 0 Å². The van der Waals surface area contributed by atoms with E-state index < -0.39 is 0 Å². The molecule has 72 valence electrons. The van der Waals surface area contributed by atoms with E-state index in [-0.39, 0.29) is 12.0 Å². The van der Waals surface area contributed by atoms with Gasteiger partial charge in [0.2, 0.25) is 0 Å². The lowest BCUT2D eigenvalue weighted by Gasteiger charge is -2.08. The minimum Gasteiger partial charge on any atom is -0.299 e. The number of ketones is 1. The van der Waals surface area contributed by atoms with Crippen LogP contribution in [0.5, 0.6) is 0 Å². The molecule has 0 bridgehead atoms. The van der Waals surface area contributed by atoms with Crippen molar-refractivity contribution in [2.24, 2.45) is 11.0 Å². The van der Waals surface area contributed by atoms with Gasteiger partial charge in [-0.1, -0.05) is 12.0 Å². The summed E-state index contributed by atoms with van der Waals surface area (Å²) in [5.74, 6) is 0.643. The molecule has 1 saturated carbocycles. The number of nitrogens with zero attached hydrogens (tertiary/aromatic N) is 3. The van der Waals surface area contributed by atoms with E-state index in [4.69, 9.17) is 5.53 Å². The Bertz CT molecular complexity index is 233. The topological polar surface area (TPSA) is 65.8 Å². The van der Waals surface area contributed by atoms with Crippen LogP contribution in [0.4, 0.5) is 0 Å². The van der Waals surface area contributed by atoms with Crippen molar-refractivity contribution in [3.05, 3.63) is 10.4 Å². The zero-order valence-electron chi connectivity index (χ0n) is 7.94. The van der Waals surface area contributed by atoms with Gasteiger partial charge in [-0.05, 0) is 31.2 Å². The Morgan fingerprint density at radius 2 is 2.54 bits per heavy atom. The first kappa shape index (κ1) is 10.1. The van der Waals surface area contributed by atoms with Crippen molar-refractivity contribution < 1.29 is 4.79 Å². The molecule has 0 heterocycles. The highest BCUT2D eigenvalue weighted by atomic mass is 16.1. The van der Waals surface area contributed by atoms with Crippen LogP contribution in [0.25, 0.3) is 10.4 Å². The molecule has 0 aliphatic heterocycles. The summed E-state index contributed by atoms with van der Waals surface area (Å²) in [7, 11) is 0. The van der Waals surface area contributed by atoms with Crippen LogP contribution < -0.4 is 0 Å². The predicted octanol–water partition coefficient (Wildman–Crippen LogP) is 2.83. The van der Waals surface area contributed by atoms with Gasteiger partial charge in [0.15, 0.2) is 0 Å². The monoisotopic (exact) mass is 181 g/mol. The predicted molar refractivity (Wildman–Crippen MR) is 50.2 cm³/mol. The van der Waals surface area contributed by atoms with Gasteiger partial charge in [-0.3, -0.25) is 4.79 Å². The molecule has 0 amide bonds. The fraction of sp³-hybridized carbons (Fsp3) is 0.889.